The number of nitrogens with one attached hydrogen (secondary N) is 2. The van der Waals surface area contributed by atoms with Gasteiger partial charge in [0.05, 0.1) is 11.7 Å². The Hall–Kier alpha value is -1.60. The lowest BCUT2D eigenvalue weighted by Crippen LogP contribution is -2.44. The van der Waals surface area contributed by atoms with Gasteiger partial charge in [0, 0.05) is 6.54 Å². The quantitative estimate of drug-likeness (QED) is 0.681. The number of hydrogen-bond donors (Lipinski definition) is 3. The average molecular weight is 285 g/mol. The molecule has 1 rings (SSSR count). The summed E-state index contributed by atoms with van der Waals surface area (Å²) in [6, 6.07) is 3.99. The van der Waals surface area contributed by atoms with Crippen LogP contribution in [0.25, 0.3) is 0 Å². The number of nitrogens with two attached hydrogens (primary N) is 1. The van der Waals surface area contributed by atoms with Crippen molar-refractivity contribution in [2.75, 3.05) is 12.3 Å². The zero-order valence-electron chi connectivity index (χ0n) is 11.2. The smallest absolute Gasteiger partial charge is 0.243 e. The number of benzene rings is 1. The summed E-state index contributed by atoms with van der Waals surface area (Å²) < 4.78 is 26.8. The van der Waals surface area contributed by atoms with Gasteiger partial charge < -0.3 is 11.1 Å². The standard InChI is InChI=1S/C12H19N3O3S/c1-4-14-12(16)9(3)15-19(17,18)11-8(2)6-5-7-10(11)13/h5-7,9,15H,4,13H2,1-3H3,(H,14,16). The Bertz CT molecular complexity index is 549. The van der Waals surface area contributed by atoms with Crippen LogP contribution in [0, 0.1) is 6.92 Å². The van der Waals surface area contributed by atoms with Gasteiger partial charge in [-0.15, -0.1) is 0 Å². The SMILES string of the molecule is CCNC(=O)C(C)NS(=O)(=O)c1c(C)cccc1N. The molecule has 0 heterocycles. The summed E-state index contributed by atoms with van der Waals surface area (Å²) in [4.78, 5) is 11.6. The van der Waals surface area contributed by atoms with Crippen LogP contribution in [0.15, 0.2) is 23.1 Å². The molecule has 0 aliphatic heterocycles. The second kappa shape index (κ2) is 6.03. The molecule has 4 N–H and O–H groups in total. The average Bonchev–Trinajstić information content (AvgIpc) is 2.27. The highest BCUT2D eigenvalue weighted by molar-refractivity contribution is 7.89. The third kappa shape index (κ3) is 3.68. The highest BCUT2D eigenvalue weighted by atomic mass is 32.2. The lowest BCUT2D eigenvalue weighted by atomic mass is 10.2. The Labute approximate surface area is 113 Å². The topological polar surface area (TPSA) is 101 Å². The number of anilines is 1. The van der Waals surface area contributed by atoms with Crippen LogP contribution in [0.1, 0.15) is 19.4 Å². The van der Waals surface area contributed by atoms with Crippen molar-refractivity contribution in [3.8, 4) is 0 Å². The molecular formula is C12H19N3O3S. The lowest BCUT2D eigenvalue weighted by molar-refractivity contribution is -0.122. The van der Waals surface area contributed by atoms with E-state index in [2.05, 4.69) is 10.0 Å². The molecule has 19 heavy (non-hydrogen) atoms. The molecule has 1 aromatic carbocycles. The maximum absolute atomic E-state index is 12.2. The van der Waals surface area contributed by atoms with E-state index in [1.54, 1.807) is 26.0 Å². The maximum Gasteiger partial charge on any atom is 0.243 e. The Balaban J connectivity index is 3.03. The van der Waals surface area contributed by atoms with E-state index in [1.165, 1.54) is 13.0 Å². The fourth-order valence-electron chi connectivity index (χ4n) is 1.71. The number of carbonyl (C=O) groups is 1. The predicted octanol–water partition coefficient (Wildman–Crippen LogP) is 0.380. The Morgan fingerprint density at radius 3 is 2.58 bits per heavy atom. The van der Waals surface area contributed by atoms with Gasteiger partial charge in [0.25, 0.3) is 0 Å². The van der Waals surface area contributed by atoms with Crippen LogP contribution in [0.4, 0.5) is 5.69 Å². The van der Waals surface area contributed by atoms with Gasteiger partial charge in [-0.05, 0) is 32.4 Å². The zero-order chi connectivity index (χ0) is 14.6. The molecule has 0 saturated carbocycles. The van der Waals surface area contributed by atoms with E-state index < -0.39 is 16.1 Å². The van der Waals surface area contributed by atoms with E-state index in [0.717, 1.165) is 0 Å². The van der Waals surface area contributed by atoms with Crippen LogP contribution >= 0.6 is 0 Å². The predicted molar refractivity (Wildman–Crippen MR) is 74.1 cm³/mol. The fraction of sp³-hybridized carbons (Fsp3) is 0.417. The second-order valence-corrected chi connectivity index (χ2v) is 5.88. The molecule has 0 aromatic heterocycles. The van der Waals surface area contributed by atoms with Crippen LogP contribution in [0.5, 0.6) is 0 Å². The Kier molecular flexibility index (Phi) is 4.90. The fourth-order valence-corrected chi connectivity index (χ4v) is 3.28. The molecule has 0 radical (unpaired) electrons. The number of amides is 1. The highest BCUT2D eigenvalue weighted by Gasteiger charge is 2.24. The highest BCUT2D eigenvalue weighted by Crippen LogP contribution is 2.22. The third-order valence-corrected chi connectivity index (χ3v) is 4.35. The van der Waals surface area contributed by atoms with Gasteiger partial charge in [-0.25, -0.2) is 8.42 Å². The van der Waals surface area contributed by atoms with Crippen molar-refractivity contribution in [2.24, 2.45) is 0 Å². The largest absolute Gasteiger partial charge is 0.398 e. The number of nitrogen functional groups attached to an aromatic ring is 1. The van der Waals surface area contributed by atoms with Crippen molar-refractivity contribution in [1.82, 2.24) is 10.0 Å². The van der Waals surface area contributed by atoms with Gasteiger partial charge in [-0.1, -0.05) is 12.1 Å². The summed E-state index contributed by atoms with van der Waals surface area (Å²) in [5.41, 5.74) is 6.40. The molecule has 0 spiro atoms. The van der Waals surface area contributed by atoms with Gasteiger partial charge in [0.15, 0.2) is 0 Å². The second-order valence-electron chi connectivity index (χ2n) is 4.23. The van der Waals surface area contributed by atoms with Crippen LogP contribution < -0.4 is 15.8 Å². The number of hydrogen-bond acceptors (Lipinski definition) is 4. The van der Waals surface area contributed by atoms with Gasteiger partial charge >= 0.3 is 0 Å². The van der Waals surface area contributed by atoms with E-state index in [0.29, 0.717) is 12.1 Å². The first-order chi connectivity index (χ1) is 8.79. The monoisotopic (exact) mass is 285 g/mol. The number of aryl methyl sites for hydroxylation is 1. The summed E-state index contributed by atoms with van der Waals surface area (Å²) in [7, 11) is -3.82. The van der Waals surface area contributed by atoms with E-state index in [-0.39, 0.29) is 16.5 Å². The van der Waals surface area contributed by atoms with E-state index in [9.17, 15) is 13.2 Å². The molecule has 7 heteroatoms. The summed E-state index contributed by atoms with van der Waals surface area (Å²) in [6.45, 7) is 5.34. The molecule has 0 bridgehead atoms. The molecule has 1 amide bonds. The first kappa shape index (κ1) is 15.5. The van der Waals surface area contributed by atoms with Crippen molar-refractivity contribution >= 4 is 21.6 Å². The minimum atomic E-state index is -3.82. The molecule has 0 fully saturated rings. The zero-order valence-corrected chi connectivity index (χ0v) is 12.0. The van der Waals surface area contributed by atoms with Crippen molar-refractivity contribution in [2.45, 2.75) is 31.7 Å². The lowest BCUT2D eigenvalue weighted by Gasteiger charge is -2.16. The molecule has 0 aliphatic carbocycles. The number of rotatable bonds is 5. The number of carbonyl (C=O) groups excluding carboxylic acids is 1. The van der Waals surface area contributed by atoms with Crippen LogP contribution in [-0.4, -0.2) is 26.9 Å². The van der Waals surface area contributed by atoms with Crippen molar-refractivity contribution < 1.29 is 13.2 Å². The third-order valence-electron chi connectivity index (χ3n) is 2.59. The number of likely N-dealkylation sites (N-methyl/N-ethyl adjacent to an activating group) is 1. The van der Waals surface area contributed by atoms with Gasteiger partial charge in [0.2, 0.25) is 15.9 Å². The van der Waals surface area contributed by atoms with E-state index >= 15 is 0 Å². The molecule has 1 atom stereocenters. The van der Waals surface area contributed by atoms with Crippen LogP contribution in [0.3, 0.4) is 0 Å². The van der Waals surface area contributed by atoms with Gasteiger partial charge in [-0.3, -0.25) is 4.79 Å². The number of sulfonamides is 1. The first-order valence-corrected chi connectivity index (χ1v) is 7.43. The van der Waals surface area contributed by atoms with Crippen molar-refractivity contribution in [3.05, 3.63) is 23.8 Å². The molecule has 1 aromatic rings. The van der Waals surface area contributed by atoms with Crippen LogP contribution in [-0.2, 0) is 14.8 Å². The normalized spacial score (nSPS) is 13.0. The summed E-state index contributed by atoms with van der Waals surface area (Å²) >= 11 is 0. The van der Waals surface area contributed by atoms with E-state index in [4.69, 9.17) is 5.73 Å². The summed E-state index contributed by atoms with van der Waals surface area (Å²) in [6.07, 6.45) is 0. The summed E-state index contributed by atoms with van der Waals surface area (Å²) in [5.74, 6) is -0.377. The minimum absolute atomic E-state index is 0.0196. The molecule has 106 valence electrons. The molecular weight excluding hydrogens is 266 g/mol. The van der Waals surface area contributed by atoms with Crippen LogP contribution in [0.2, 0.25) is 0 Å². The molecule has 0 saturated heterocycles. The first-order valence-electron chi connectivity index (χ1n) is 5.94. The van der Waals surface area contributed by atoms with E-state index in [1.807, 2.05) is 0 Å². The molecule has 6 nitrogen and oxygen atoms in total. The van der Waals surface area contributed by atoms with Gasteiger partial charge in [0.1, 0.15) is 4.90 Å². The Morgan fingerprint density at radius 1 is 1.42 bits per heavy atom. The maximum atomic E-state index is 12.2. The summed E-state index contributed by atoms with van der Waals surface area (Å²) in [5, 5.41) is 2.55. The van der Waals surface area contributed by atoms with Gasteiger partial charge in [-0.2, -0.15) is 4.72 Å². The minimum Gasteiger partial charge on any atom is -0.398 e. The van der Waals surface area contributed by atoms with Crippen molar-refractivity contribution in [3.63, 3.8) is 0 Å². The Morgan fingerprint density at radius 2 is 2.05 bits per heavy atom. The molecule has 1 unspecified atom stereocenters. The van der Waals surface area contributed by atoms with Crippen molar-refractivity contribution in [1.29, 1.82) is 0 Å². The molecule has 0 aliphatic rings.